The van der Waals surface area contributed by atoms with Crippen LogP contribution in [0.2, 0.25) is 0 Å². The Bertz CT molecular complexity index is 595. The topological polar surface area (TPSA) is 48.3 Å². The minimum atomic E-state index is 0.229. The zero-order chi connectivity index (χ0) is 13.9. The standard InChI is InChI=1S/C15H19N3O2/c1-11(16-10-13-5-6-18(2)17-13)12-3-4-14-15(9-12)20-8-7-19-14/h3-6,9,11,16H,7-8,10H2,1-2H3. The van der Waals surface area contributed by atoms with Gasteiger partial charge in [-0.1, -0.05) is 6.07 Å². The molecule has 2 heterocycles. The van der Waals surface area contributed by atoms with E-state index in [1.165, 1.54) is 5.56 Å². The van der Waals surface area contributed by atoms with Gasteiger partial charge < -0.3 is 14.8 Å². The highest BCUT2D eigenvalue weighted by molar-refractivity contribution is 5.44. The monoisotopic (exact) mass is 273 g/mol. The number of hydrogen-bond donors (Lipinski definition) is 1. The second-order valence-electron chi connectivity index (χ2n) is 4.99. The minimum Gasteiger partial charge on any atom is -0.486 e. The smallest absolute Gasteiger partial charge is 0.161 e. The van der Waals surface area contributed by atoms with Crippen LogP contribution in [0, 0.1) is 0 Å². The van der Waals surface area contributed by atoms with Gasteiger partial charge in [0.15, 0.2) is 11.5 Å². The third-order valence-corrected chi connectivity index (χ3v) is 3.42. The molecule has 5 heteroatoms. The Labute approximate surface area is 118 Å². The summed E-state index contributed by atoms with van der Waals surface area (Å²) in [6, 6.07) is 8.34. The van der Waals surface area contributed by atoms with Gasteiger partial charge in [0.1, 0.15) is 13.2 Å². The van der Waals surface area contributed by atoms with Crippen LogP contribution in [0.3, 0.4) is 0 Å². The van der Waals surface area contributed by atoms with Crippen LogP contribution >= 0.6 is 0 Å². The molecule has 1 aliphatic rings. The lowest BCUT2D eigenvalue weighted by atomic mass is 10.1. The van der Waals surface area contributed by atoms with Crippen LogP contribution in [0.15, 0.2) is 30.5 Å². The normalized spacial score (nSPS) is 15.1. The third kappa shape index (κ3) is 2.77. The molecule has 1 aliphatic heterocycles. The van der Waals surface area contributed by atoms with Crippen LogP contribution in [0.1, 0.15) is 24.2 Å². The first kappa shape index (κ1) is 13.0. The number of aryl methyl sites for hydroxylation is 1. The molecule has 1 N–H and O–H groups in total. The summed E-state index contributed by atoms with van der Waals surface area (Å²) in [7, 11) is 1.92. The first-order valence-electron chi connectivity index (χ1n) is 6.84. The molecule has 0 spiro atoms. The summed E-state index contributed by atoms with van der Waals surface area (Å²) < 4.78 is 13.0. The fraction of sp³-hybridized carbons (Fsp3) is 0.400. The van der Waals surface area contributed by atoms with E-state index in [1.54, 1.807) is 0 Å². The average molecular weight is 273 g/mol. The number of aromatic nitrogens is 2. The number of nitrogens with zero attached hydrogens (tertiary/aromatic N) is 2. The maximum atomic E-state index is 5.61. The van der Waals surface area contributed by atoms with Crippen molar-refractivity contribution in [2.45, 2.75) is 19.5 Å². The fourth-order valence-corrected chi connectivity index (χ4v) is 2.26. The molecule has 1 atom stereocenters. The molecule has 0 saturated heterocycles. The Balaban J connectivity index is 1.66. The summed E-state index contributed by atoms with van der Waals surface area (Å²) in [5.74, 6) is 1.66. The molecule has 20 heavy (non-hydrogen) atoms. The van der Waals surface area contributed by atoms with E-state index in [2.05, 4.69) is 23.4 Å². The molecular weight excluding hydrogens is 254 g/mol. The van der Waals surface area contributed by atoms with Gasteiger partial charge in [-0.05, 0) is 30.7 Å². The van der Waals surface area contributed by atoms with E-state index >= 15 is 0 Å². The lowest BCUT2D eigenvalue weighted by Gasteiger charge is -2.21. The van der Waals surface area contributed by atoms with Crippen molar-refractivity contribution in [2.75, 3.05) is 13.2 Å². The molecule has 1 aromatic heterocycles. The zero-order valence-electron chi connectivity index (χ0n) is 11.8. The van der Waals surface area contributed by atoms with Crippen molar-refractivity contribution in [1.82, 2.24) is 15.1 Å². The van der Waals surface area contributed by atoms with Crippen molar-refractivity contribution in [3.63, 3.8) is 0 Å². The molecule has 1 aromatic carbocycles. The Morgan fingerprint density at radius 2 is 2.05 bits per heavy atom. The van der Waals surface area contributed by atoms with Gasteiger partial charge in [0, 0.05) is 25.8 Å². The number of nitrogens with one attached hydrogen (secondary N) is 1. The van der Waals surface area contributed by atoms with E-state index in [9.17, 15) is 0 Å². The Hall–Kier alpha value is -2.01. The van der Waals surface area contributed by atoms with Gasteiger partial charge in [0.25, 0.3) is 0 Å². The van der Waals surface area contributed by atoms with Gasteiger partial charge in [-0.2, -0.15) is 5.10 Å². The second-order valence-corrected chi connectivity index (χ2v) is 4.99. The Morgan fingerprint density at radius 1 is 1.25 bits per heavy atom. The van der Waals surface area contributed by atoms with Gasteiger partial charge in [-0.15, -0.1) is 0 Å². The highest BCUT2D eigenvalue weighted by atomic mass is 16.6. The number of benzene rings is 1. The summed E-state index contributed by atoms with van der Waals surface area (Å²) in [5.41, 5.74) is 2.22. The zero-order valence-corrected chi connectivity index (χ0v) is 11.8. The van der Waals surface area contributed by atoms with Crippen LogP contribution in [0.5, 0.6) is 11.5 Å². The highest BCUT2D eigenvalue weighted by Crippen LogP contribution is 2.32. The summed E-state index contributed by atoms with van der Waals surface area (Å²) in [6.07, 6.45) is 1.95. The van der Waals surface area contributed by atoms with Crippen molar-refractivity contribution in [3.8, 4) is 11.5 Å². The first-order valence-corrected chi connectivity index (χ1v) is 6.84. The van der Waals surface area contributed by atoms with Gasteiger partial charge in [0.05, 0.1) is 5.69 Å². The summed E-state index contributed by atoms with van der Waals surface area (Å²) in [6.45, 7) is 4.12. The molecule has 5 nitrogen and oxygen atoms in total. The molecule has 0 saturated carbocycles. The minimum absolute atomic E-state index is 0.229. The van der Waals surface area contributed by atoms with E-state index in [0.29, 0.717) is 13.2 Å². The van der Waals surface area contributed by atoms with E-state index < -0.39 is 0 Å². The summed E-state index contributed by atoms with van der Waals surface area (Å²) >= 11 is 0. The van der Waals surface area contributed by atoms with Crippen LogP contribution in [0.4, 0.5) is 0 Å². The van der Waals surface area contributed by atoms with E-state index in [4.69, 9.17) is 9.47 Å². The maximum absolute atomic E-state index is 5.61. The van der Waals surface area contributed by atoms with Crippen molar-refractivity contribution in [2.24, 2.45) is 7.05 Å². The number of ether oxygens (including phenoxy) is 2. The Kier molecular flexibility index (Phi) is 3.60. The molecule has 0 amide bonds. The summed E-state index contributed by atoms with van der Waals surface area (Å²) in [4.78, 5) is 0. The van der Waals surface area contributed by atoms with E-state index in [1.807, 2.05) is 36.1 Å². The SMILES string of the molecule is CC(NCc1ccn(C)n1)c1ccc2c(c1)OCCO2. The lowest BCUT2D eigenvalue weighted by molar-refractivity contribution is 0.171. The molecule has 0 aliphatic carbocycles. The predicted molar refractivity (Wildman–Crippen MR) is 75.9 cm³/mol. The average Bonchev–Trinajstić information content (AvgIpc) is 2.90. The molecule has 106 valence electrons. The molecule has 1 unspecified atom stereocenters. The van der Waals surface area contributed by atoms with Crippen molar-refractivity contribution in [3.05, 3.63) is 41.7 Å². The fourth-order valence-electron chi connectivity index (χ4n) is 2.26. The maximum Gasteiger partial charge on any atom is 0.161 e. The number of fused-ring (bicyclic) bond motifs is 1. The molecule has 0 bridgehead atoms. The van der Waals surface area contributed by atoms with Crippen LogP contribution in [0.25, 0.3) is 0 Å². The van der Waals surface area contributed by atoms with Gasteiger partial charge >= 0.3 is 0 Å². The van der Waals surface area contributed by atoms with Gasteiger partial charge in [-0.25, -0.2) is 0 Å². The number of rotatable bonds is 4. The van der Waals surface area contributed by atoms with E-state index in [-0.39, 0.29) is 6.04 Å². The highest BCUT2D eigenvalue weighted by Gasteiger charge is 2.14. The molecule has 2 aromatic rings. The van der Waals surface area contributed by atoms with Gasteiger partial charge in [-0.3, -0.25) is 4.68 Å². The quantitative estimate of drug-likeness (QED) is 0.926. The van der Waals surface area contributed by atoms with Crippen molar-refractivity contribution in [1.29, 1.82) is 0 Å². The molecular formula is C15H19N3O2. The lowest BCUT2D eigenvalue weighted by Crippen LogP contribution is -2.20. The molecule has 0 fully saturated rings. The summed E-state index contributed by atoms with van der Waals surface area (Å²) in [5, 5.41) is 7.82. The van der Waals surface area contributed by atoms with Crippen LogP contribution in [-0.4, -0.2) is 23.0 Å². The van der Waals surface area contributed by atoms with Crippen molar-refractivity contribution >= 4 is 0 Å². The second kappa shape index (κ2) is 5.54. The predicted octanol–water partition coefficient (Wildman–Crippen LogP) is 2.04. The van der Waals surface area contributed by atoms with Crippen LogP contribution < -0.4 is 14.8 Å². The van der Waals surface area contributed by atoms with Crippen LogP contribution in [-0.2, 0) is 13.6 Å². The number of hydrogen-bond acceptors (Lipinski definition) is 4. The molecule has 3 rings (SSSR count). The largest absolute Gasteiger partial charge is 0.486 e. The third-order valence-electron chi connectivity index (χ3n) is 3.42. The van der Waals surface area contributed by atoms with Crippen molar-refractivity contribution < 1.29 is 9.47 Å². The first-order chi connectivity index (χ1) is 9.72. The van der Waals surface area contributed by atoms with Gasteiger partial charge in [0.2, 0.25) is 0 Å². The molecule has 0 radical (unpaired) electrons. The van der Waals surface area contributed by atoms with E-state index in [0.717, 1.165) is 23.7 Å². The Morgan fingerprint density at radius 3 is 2.80 bits per heavy atom.